The van der Waals surface area contributed by atoms with Crippen LogP contribution in [0.4, 0.5) is 14.5 Å². The van der Waals surface area contributed by atoms with E-state index in [9.17, 15) is 18.4 Å². The van der Waals surface area contributed by atoms with Crippen molar-refractivity contribution in [3.05, 3.63) is 29.3 Å². The Morgan fingerprint density at radius 3 is 2.55 bits per heavy atom. The van der Waals surface area contributed by atoms with Crippen molar-refractivity contribution in [1.82, 2.24) is 0 Å². The van der Waals surface area contributed by atoms with E-state index in [1.54, 1.807) is 0 Å². The Labute approximate surface area is 118 Å². The van der Waals surface area contributed by atoms with Crippen LogP contribution in [-0.2, 0) is 4.79 Å². The highest BCUT2D eigenvalue weighted by Gasteiger charge is 2.19. The minimum Gasteiger partial charge on any atom is -0.478 e. The summed E-state index contributed by atoms with van der Waals surface area (Å²) in [6.07, 6.45) is 2.24. The number of carbonyl (C=O) groups excluding carboxylic acids is 1. The highest BCUT2D eigenvalue weighted by atomic mass is 32.2. The van der Waals surface area contributed by atoms with Gasteiger partial charge in [-0.25, -0.2) is 13.6 Å². The van der Waals surface area contributed by atoms with Gasteiger partial charge >= 0.3 is 5.97 Å². The number of thioether (sulfide) groups is 1. The van der Waals surface area contributed by atoms with Crippen molar-refractivity contribution in [2.75, 3.05) is 17.3 Å². The lowest BCUT2D eigenvalue weighted by Crippen LogP contribution is -2.36. The van der Waals surface area contributed by atoms with Crippen molar-refractivity contribution in [2.24, 2.45) is 5.73 Å². The lowest BCUT2D eigenvalue weighted by atomic mass is 10.1. The highest BCUT2D eigenvalue weighted by Crippen LogP contribution is 2.20. The summed E-state index contributed by atoms with van der Waals surface area (Å²) >= 11 is 1.50. The fourth-order valence-corrected chi connectivity index (χ4v) is 1.92. The smallest absolute Gasteiger partial charge is 0.337 e. The molecule has 110 valence electrons. The lowest BCUT2D eigenvalue weighted by molar-refractivity contribution is -0.117. The number of carboxylic acid groups (broad SMARTS) is 1. The molecular formula is C12H14F2N2O3S. The van der Waals surface area contributed by atoms with E-state index in [4.69, 9.17) is 10.8 Å². The number of hydrogen-bond donors (Lipinski definition) is 3. The van der Waals surface area contributed by atoms with Crippen LogP contribution in [0.1, 0.15) is 16.8 Å². The summed E-state index contributed by atoms with van der Waals surface area (Å²) in [6.45, 7) is 0. The summed E-state index contributed by atoms with van der Waals surface area (Å²) in [7, 11) is 0. The topological polar surface area (TPSA) is 92.4 Å². The van der Waals surface area contributed by atoms with E-state index in [-0.39, 0.29) is 5.69 Å². The van der Waals surface area contributed by atoms with Gasteiger partial charge in [0.15, 0.2) is 11.6 Å². The molecule has 0 unspecified atom stereocenters. The van der Waals surface area contributed by atoms with Crippen LogP contribution in [0.15, 0.2) is 12.1 Å². The van der Waals surface area contributed by atoms with Gasteiger partial charge in [0.25, 0.3) is 0 Å². The number of nitrogens with one attached hydrogen (secondary N) is 1. The number of halogens is 2. The summed E-state index contributed by atoms with van der Waals surface area (Å²) in [5, 5.41) is 11.1. The Balaban J connectivity index is 2.93. The fourth-order valence-electron chi connectivity index (χ4n) is 1.43. The largest absolute Gasteiger partial charge is 0.478 e. The fraction of sp³-hybridized carbons (Fsp3) is 0.333. The Bertz CT molecular complexity index is 526. The van der Waals surface area contributed by atoms with Gasteiger partial charge in [-0.1, -0.05) is 0 Å². The predicted octanol–water partition coefficient (Wildman–Crippen LogP) is 1.68. The van der Waals surface area contributed by atoms with Crippen LogP contribution >= 0.6 is 11.8 Å². The first-order valence-electron chi connectivity index (χ1n) is 5.64. The van der Waals surface area contributed by atoms with E-state index in [0.29, 0.717) is 24.3 Å². The number of rotatable bonds is 6. The lowest BCUT2D eigenvalue weighted by Gasteiger charge is -2.13. The number of carboxylic acids is 1. The minimum absolute atomic E-state index is 0.319. The molecule has 5 nitrogen and oxygen atoms in total. The van der Waals surface area contributed by atoms with Crippen molar-refractivity contribution < 1.29 is 23.5 Å². The van der Waals surface area contributed by atoms with E-state index in [2.05, 4.69) is 5.32 Å². The summed E-state index contributed by atoms with van der Waals surface area (Å²) in [4.78, 5) is 22.7. The van der Waals surface area contributed by atoms with Crippen LogP contribution < -0.4 is 11.1 Å². The average Bonchev–Trinajstić information content (AvgIpc) is 2.39. The van der Waals surface area contributed by atoms with Gasteiger partial charge in [-0.3, -0.25) is 4.79 Å². The Morgan fingerprint density at radius 1 is 1.40 bits per heavy atom. The third kappa shape index (κ3) is 4.17. The first-order chi connectivity index (χ1) is 9.36. The molecule has 0 aliphatic rings. The van der Waals surface area contributed by atoms with Crippen molar-refractivity contribution in [3.63, 3.8) is 0 Å². The standard InChI is InChI=1S/C12H14F2N2O3S/c1-20-3-2-9(15)11(17)16-10-5-8(14)7(13)4-6(10)12(18)19/h4-5,9H,2-3,15H2,1H3,(H,16,17)(H,18,19)/t9-/m0/s1. The molecule has 1 atom stereocenters. The van der Waals surface area contributed by atoms with Gasteiger partial charge in [0.2, 0.25) is 5.91 Å². The number of aromatic carboxylic acids is 1. The minimum atomic E-state index is -1.48. The number of amides is 1. The first kappa shape index (κ1) is 16.4. The molecule has 20 heavy (non-hydrogen) atoms. The number of hydrogen-bond acceptors (Lipinski definition) is 4. The van der Waals surface area contributed by atoms with Gasteiger partial charge in [-0.05, 0) is 24.5 Å². The van der Waals surface area contributed by atoms with Gasteiger partial charge in [-0.2, -0.15) is 11.8 Å². The summed E-state index contributed by atoms with van der Waals surface area (Å²) in [5.74, 6) is -4.02. The van der Waals surface area contributed by atoms with Gasteiger partial charge < -0.3 is 16.2 Å². The first-order valence-corrected chi connectivity index (χ1v) is 7.04. The second-order valence-electron chi connectivity index (χ2n) is 3.99. The van der Waals surface area contributed by atoms with Crippen molar-refractivity contribution in [3.8, 4) is 0 Å². The molecule has 0 saturated heterocycles. The molecule has 0 saturated carbocycles. The zero-order valence-corrected chi connectivity index (χ0v) is 11.5. The predicted molar refractivity (Wildman–Crippen MR) is 72.9 cm³/mol. The van der Waals surface area contributed by atoms with Crippen LogP contribution in [0.3, 0.4) is 0 Å². The molecule has 1 amide bonds. The van der Waals surface area contributed by atoms with Gasteiger partial charge in [-0.15, -0.1) is 0 Å². The number of carbonyl (C=O) groups is 2. The van der Waals surface area contributed by atoms with E-state index in [0.717, 1.165) is 0 Å². The summed E-state index contributed by atoms with van der Waals surface area (Å²) in [6, 6.07) is 0.288. The molecule has 0 aliphatic heterocycles. The third-order valence-electron chi connectivity index (χ3n) is 2.52. The SMILES string of the molecule is CSCC[C@H](N)C(=O)Nc1cc(F)c(F)cc1C(=O)O. The normalized spacial score (nSPS) is 12.0. The molecule has 0 bridgehead atoms. The zero-order valence-electron chi connectivity index (χ0n) is 10.7. The summed E-state index contributed by atoms with van der Waals surface area (Å²) < 4.78 is 26.1. The molecule has 1 aromatic rings. The molecule has 1 rings (SSSR count). The summed E-state index contributed by atoms with van der Waals surface area (Å²) in [5.41, 5.74) is 4.75. The van der Waals surface area contributed by atoms with Gasteiger partial charge in [0.05, 0.1) is 17.3 Å². The molecule has 0 spiro atoms. The van der Waals surface area contributed by atoms with Gasteiger partial charge in [0.1, 0.15) is 0 Å². The van der Waals surface area contributed by atoms with Crippen molar-refractivity contribution in [2.45, 2.75) is 12.5 Å². The van der Waals surface area contributed by atoms with Crippen LogP contribution in [-0.4, -0.2) is 35.0 Å². The average molecular weight is 304 g/mol. The van der Waals surface area contributed by atoms with Crippen molar-refractivity contribution >= 4 is 29.3 Å². The monoisotopic (exact) mass is 304 g/mol. The van der Waals surface area contributed by atoms with Crippen LogP contribution in [0.5, 0.6) is 0 Å². The van der Waals surface area contributed by atoms with Crippen LogP contribution in [0.2, 0.25) is 0 Å². The maximum Gasteiger partial charge on any atom is 0.337 e. The second-order valence-corrected chi connectivity index (χ2v) is 4.98. The van der Waals surface area contributed by atoms with E-state index in [1.807, 2.05) is 6.26 Å². The Morgan fingerprint density at radius 2 is 2.00 bits per heavy atom. The Kier molecular flexibility index (Phi) is 5.90. The van der Waals surface area contributed by atoms with Gasteiger partial charge in [0, 0.05) is 6.07 Å². The maximum absolute atomic E-state index is 13.1. The Hall–Kier alpha value is -1.67. The molecule has 0 aliphatic carbocycles. The molecular weight excluding hydrogens is 290 g/mol. The third-order valence-corrected chi connectivity index (χ3v) is 3.16. The van der Waals surface area contributed by atoms with E-state index in [1.165, 1.54) is 11.8 Å². The van der Waals surface area contributed by atoms with E-state index < -0.39 is 35.1 Å². The zero-order chi connectivity index (χ0) is 15.3. The van der Waals surface area contributed by atoms with Crippen molar-refractivity contribution in [1.29, 1.82) is 0 Å². The molecule has 8 heteroatoms. The molecule has 1 aromatic carbocycles. The van der Waals surface area contributed by atoms with Crippen LogP contribution in [0.25, 0.3) is 0 Å². The second kappa shape index (κ2) is 7.20. The van der Waals surface area contributed by atoms with E-state index >= 15 is 0 Å². The number of anilines is 1. The molecule has 0 aromatic heterocycles. The number of benzene rings is 1. The maximum atomic E-state index is 13.1. The molecule has 4 N–H and O–H groups in total. The van der Waals surface area contributed by atoms with Crippen LogP contribution in [0, 0.1) is 11.6 Å². The highest BCUT2D eigenvalue weighted by molar-refractivity contribution is 7.98. The quantitative estimate of drug-likeness (QED) is 0.743. The molecule has 0 radical (unpaired) electrons. The molecule has 0 fully saturated rings. The number of nitrogens with two attached hydrogens (primary N) is 1. The molecule has 0 heterocycles.